The Morgan fingerprint density at radius 1 is 1.12 bits per heavy atom. The summed E-state index contributed by atoms with van der Waals surface area (Å²) in [5.41, 5.74) is 7.88. The molecule has 0 spiro atoms. The van der Waals surface area contributed by atoms with Gasteiger partial charge in [-0.2, -0.15) is 0 Å². The molecule has 2 unspecified atom stereocenters. The number of carboxylic acid groups (broad SMARTS) is 1. The molecule has 14 heteroatoms. The standard InChI is InChI=1S/C25H28N8O4.C2H4O2/c1-14(35-2)18-12-16(13-19(36-3)21(18)37-4)20(30-17-8-6-15(7-9-17)22(26)27)23-31-25(34)33(32-23)24-28-10-5-11-29-24;1-2(3)4/h5-14,20,30H,1-4H3,(H3,26,27)(H,31,32,34);1H3,(H,3,4). The molecule has 216 valence electrons. The third-order valence-corrected chi connectivity index (χ3v) is 5.81. The van der Waals surface area contributed by atoms with Crippen molar-refractivity contribution in [3.8, 4) is 17.4 Å². The first-order chi connectivity index (χ1) is 19.6. The van der Waals surface area contributed by atoms with Crippen LogP contribution in [0.25, 0.3) is 5.95 Å². The molecule has 2 heterocycles. The van der Waals surface area contributed by atoms with Crippen LogP contribution in [0.5, 0.6) is 11.5 Å². The van der Waals surface area contributed by atoms with Crippen LogP contribution in [0, 0.1) is 5.41 Å². The van der Waals surface area contributed by atoms with Gasteiger partial charge in [-0.1, -0.05) is 0 Å². The van der Waals surface area contributed by atoms with E-state index >= 15 is 0 Å². The number of hydrogen-bond donors (Lipinski definition) is 5. The van der Waals surface area contributed by atoms with Crippen LogP contribution in [0.3, 0.4) is 0 Å². The molecule has 4 aromatic rings. The van der Waals surface area contributed by atoms with Crippen molar-refractivity contribution < 1.29 is 24.1 Å². The number of nitrogen functional groups attached to an aromatic ring is 1. The summed E-state index contributed by atoms with van der Waals surface area (Å²) >= 11 is 0. The van der Waals surface area contributed by atoms with Crippen LogP contribution < -0.4 is 26.2 Å². The molecular formula is C27H32N8O6. The van der Waals surface area contributed by atoms with Crippen molar-refractivity contribution in [1.29, 1.82) is 5.41 Å². The quantitative estimate of drug-likeness (QED) is 0.140. The molecular weight excluding hydrogens is 532 g/mol. The molecule has 0 amide bonds. The van der Waals surface area contributed by atoms with Gasteiger partial charge in [0.2, 0.25) is 0 Å². The average Bonchev–Trinajstić information content (AvgIpc) is 3.36. The number of H-pyrrole nitrogens is 1. The maximum Gasteiger partial charge on any atom is 0.350 e. The number of amidine groups is 1. The zero-order valence-electron chi connectivity index (χ0n) is 23.2. The van der Waals surface area contributed by atoms with Crippen LogP contribution in [0.15, 0.2) is 59.7 Å². The zero-order chi connectivity index (χ0) is 30.1. The molecule has 0 bridgehead atoms. The number of benzene rings is 2. The highest BCUT2D eigenvalue weighted by Crippen LogP contribution is 2.40. The summed E-state index contributed by atoms with van der Waals surface area (Å²) in [5.74, 6) is 0.622. The smallest absolute Gasteiger partial charge is 0.350 e. The fraction of sp³-hybridized carbons (Fsp3) is 0.259. The number of nitrogens with zero attached hydrogens (tertiary/aromatic N) is 4. The first-order valence-corrected chi connectivity index (χ1v) is 12.2. The zero-order valence-corrected chi connectivity index (χ0v) is 23.2. The van der Waals surface area contributed by atoms with Crippen LogP contribution in [0.4, 0.5) is 5.69 Å². The summed E-state index contributed by atoms with van der Waals surface area (Å²) in [6.07, 6.45) is 2.75. The molecule has 0 saturated heterocycles. The van der Waals surface area contributed by atoms with Crippen molar-refractivity contribution in [2.45, 2.75) is 26.0 Å². The van der Waals surface area contributed by atoms with Gasteiger partial charge in [0.1, 0.15) is 11.9 Å². The lowest BCUT2D eigenvalue weighted by Crippen LogP contribution is -2.18. The summed E-state index contributed by atoms with van der Waals surface area (Å²) < 4.78 is 17.9. The van der Waals surface area contributed by atoms with E-state index in [1.54, 1.807) is 51.7 Å². The number of carboxylic acids is 1. The maximum absolute atomic E-state index is 12.8. The van der Waals surface area contributed by atoms with Gasteiger partial charge in [0.05, 0.1) is 20.3 Å². The van der Waals surface area contributed by atoms with Gasteiger partial charge in [-0.15, -0.1) is 9.78 Å². The van der Waals surface area contributed by atoms with Gasteiger partial charge in [-0.05, 0) is 55.0 Å². The molecule has 2 aromatic carbocycles. The van der Waals surface area contributed by atoms with E-state index in [0.29, 0.717) is 28.6 Å². The van der Waals surface area contributed by atoms with E-state index < -0.39 is 17.7 Å². The topological polar surface area (TPSA) is 203 Å². The minimum Gasteiger partial charge on any atom is -0.493 e. The molecule has 41 heavy (non-hydrogen) atoms. The van der Waals surface area contributed by atoms with Crippen LogP contribution in [-0.2, 0) is 9.53 Å². The molecule has 2 aromatic heterocycles. The fourth-order valence-corrected chi connectivity index (χ4v) is 3.84. The molecule has 0 aliphatic carbocycles. The van der Waals surface area contributed by atoms with E-state index in [2.05, 4.69) is 25.4 Å². The molecule has 0 radical (unpaired) electrons. The number of aliphatic carboxylic acids is 1. The van der Waals surface area contributed by atoms with Crippen molar-refractivity contribution in [3.63, 3.8) is 0 Å². The number of rotatable bonds is 10. The third-order valence-electron chi connectivity index (χ3n) is 5.81. The van der Waals surface area contributed by atoms with E-state index in [0.717, 1.165) is 22.7 Å². The van der Waals surface area contributed by atoms with Crippen molar-refractivity contribution in [3.05, 3.63) is 87.9 Å². The Kier molecular flexibility index (Phi) is 10.1. The van der Waals surface area contributed by atoms with Gasteiger partial charge in [-0.25, -0.2) is 14.8 Å². The number of ether oxygens (including phenoxy) is 3. The second kappa shape index (κ2) is 13.7. The largest absolute Gasteiger partial charge is 0.493 e. The number of methoxy groups -OCH3 is 3. The minimum absolute atomic E-state index is 0.0351. The predicted molar refractivity (Wildman–Crippen MR) is 151 cm³/mol. The van der Waals surface area contributed by atoms with Crippen LogP contribution >= 0.6 is 0 Å². The molecule has 0 aliphatic heterocycles. The number of carbonyl (C=O) groups is 1. The van der Waals surface area contributed by atoms with Gasteiger partial charge in [0.25, 0.3) is 11.9 Å². The lowest BCUT2D eigenvalue weighted by atomic mass is 9.98. The van der Waals surface area contributed by atoms with Gasteiger partial charge in [-0.3, -0.25) is 15.2 Å². The first kappa shape index (κ1) is 30.3. The second-order valence-corrected chi connectivity index (χ2v) is 8.59. The third kappa shape index (κ3) is 7.45. The van der Waals surface area contributed by atoms with Crippen molar-refractivity contribution in [1.82, 2.24) is 24.7 Å². The molecule has 0 saturated carbocycles. The van der Waals surface area contributed by atoms with E-state index in [1.807, 2.05) is 19.1 Å². The number of nitrogens with two attached hydrogens (primary N) is 1. The minimum atomic E-state index is -0.833. The van der Waals surface area contributed by atoms with E-state index in [4.69, 9.17) is 35.3 Å². The summed E-state index contributed by atoms with van der Waals surface area (Å²) in [6, 6.07) is 11.8. The molecule has 0 aliphatic rings. The Labute approximate surface area is 235 Å². The Morgan fingerprint density at radius 2 is 1.76 bits per heavy atom. The van der Waals surface area contributed by atoms with Crippen LogP contribution in [0.2, 0.25) is 0 Å². The van der Waals surface area contributed by atoms with Crippen LogP contribution in [-0.4, -0.2) is 63.0 Å². The van der Waals surface area contributed by atoms with Gasteiger partial charge >= 0.3 is 5.69 Å². The molecule has 4 rings (SSSR count). The van der Waals surface area contributed by atoms with Crippen molar-refractivity contribution in [2.75, 3.05) is 26.6 Å². The normalized spacial score (nSPS) is 11.9. The van der Waals surface area contributed by atoms with E-state index in [-0.39, 0.29) is 17.9 Å². The molecule has 6 N–H and O–H groups in total. The Bertz CT molecular complexity index is 1530. The fourth-order valence-electron chi connectivity index (χ4n) is 3.84. The second-order valence-electron chi connectivity index (χ2n) is 8.59. The summed E-state index contributed by atoms with van der Waals surface area (Å²) in [4.78, 5) is 32.9. The van der Waals surface area contributed by atoms with Crippen molar-refractivity contribution in [2.24, 2.45) is 5.73 Å². The molecule has 2 atom stereocenters. The van der Waals surface area contributed by atoms with Crippen LogP contribution in [0.1, 0.15) is 48.5 Å². The SMILES string of the molecule is CC(=O)O.COc1cc(C(Nc2ccc(C(=N)N)cc2)c2nn(-c3ncccn3)c(=O)[nH]2)cc(C(C)OC)c1OC. The number of hydrogen-bond acceptors (Lipinski definition) is 10. The highest BCUT2D eigenvalue weighted by molar-refractivity contribution is 5.95. The first-order valence-electron chi connectivity index (χ1n) is 12.2. The average molecular weight is 565 g/mol. The maximum atomic E-state index is 12.8. The number of anilines is 1. The monoisotopic (exact) mass is 564 g/mol. The highest BCUT2D eigenvalue weighted by Gasteiger charge is 2.25. The lowest BCUT2D eigenvalue weighted by molar-refractivity contribution is -0.134. The number of nitrogens with one attached hydrogen (secondary N) is 3. The number of aromatic amines is 1. The molecule has 14 nitrogen and oxygen atoms in total. The number of aromatic nitrogens is 5. The summed E-state index contributed by atoms with van der Waals surface area (Å²) in [6.45, 7) is 2.98. The van der Waals surface area contributed by atoms with Crippen molar-refractivity contribution >= 4 is 17.5 Å². The summed E-state index contributed by atoms with van der Waals surface area (Å²) in [5, 5.41) is 23.0. The Morgan fingerprint density at radius 3 is 2.29 bits per heavy atom. The lowest BCUT2D eigenvalue weighted by Gasteiger charge is -2.23. The summed E-state index contributed by atoms with van der Waals surface area (Å²) in [7, 11) is 4.72. The van der Waals surface area contributed by atoms with Gasteiger partial charge < -0.3 is 30.4 Å². The Hall–Kier alpha value is -5.24. The highest BCUT2D eigenvalue weighted by atomic mass is 16.5. The van der Waals surface area contributed by atoms with E-state index in [1.165, 1.54) is 12.4 Å². The van der Waals surface area contributed by atoms with E-state index in [9.17, 15) is 4.79 Å². The van der Waals surface area contributed by atoms with Gasteiger partial charge in [0.15, 0.2) is 17.3 Å². The Balaban J connectivity index is 0.00000108. The molecule has 0 fully saturated rings. The predicted octanol–water partition coefficient (Wildman–Crippen LogP) is 2.65. The van der Waals surface area contributed by atoms with Gasteiger partial charge in [0, 0.05) is 43.2 Å².